The van der Waals surface area contributed by atoms with Gasteiger partial charge in [0.2, 0.25) is 0 Å². The normalized spacial score (nSPS) is 16.5. The van der Waals surface area contributed by atoms with Crippen LogP contribution >= 0.6 is 0 Å². The number of hydrogen-bond donors (Lipinski definition) is 1. The zero-order valence-electron chi connectivity index (χ0n) is 12.2. The van der Waals surface area contributed by atoms with Crippen LogP contribution in [0.25, 0.3) is 0 Å². The van der Waals surface area contributed by atoms with E-state index in [1.54, 1.807) is 0 Å². The SMILES string of the molecule is O=C(O)C[C@@H]1CCOc2cc(OCc3ccccc3)ccc21. The quantitative estimate of drug-likeness (QED) is 0.916. The lowest BCUT2D eigenvalue weighted by molar-refractivity contribution is -0.137. The second kappa shape index (κ2) is 6.52. The molecule has 1 aliphatic rings. The molecular formula is C18H18O4. The summed E-state index contributed by atoms with van der Waals surface area (Å²) in [7, 11) is 0. The van der Waals surface area contributed by atoms with Crippen LogP contribution in [0.4, 0.5) is 0 Å². The van der Waals surface area contributed by atoms with E-state index in [4.69, 9.17) is 14.6 Å². The fraction of sp³-hybridized carbons (Fsp3) is 0.278. The Bertz CT molecular complexity index is 651. The summed E-state index contributed by atoms with van der Waals surface area (Å²) in [4.78, 5) is 10.9. The Balaban J connectivity index is 1.72. The van der Waals surface area contributed by atoms with Crippen LogP contribution in [-0.2, 0) is 11.4 Å². The molecule has 1 N–H and O–H groups in total. The van der Waals surface area contributed by atoms with Crippen LogP contribution in [0.3, 0.4) is 0 Å². The highest BCUT2D eigenvalue weighted by molar-refractivity contribution is 5.68. The van der Waals surface area contributed by atoms with Gasteiger partial charge in [0.25, 0.3) is 0 Å². The van der Waals surface area contributed by atoms with Gasteiger partial charge in [-0.3, -0.25) is 4.79 Å². The minimum Gasteiger partial charge on any atom is -0.493 e. The monoisotopic (exact) mass is 298 g/mol. The largest absolute Gasteiger partial charge is 0.493 e. The summed E-state index contributed by atoms with van der Waals surface area (Å²) in [5.41, 5.74) is 2.06. The molecule has 0 saturated carbocycles. The molecule has 0 radical (unpaired) electrons. The minimum atomic E-state index is -0.776. The zero-order valence-corrected chi connectivity index (χ0v) is 12.2. The van der Waals surface area contributed by atoms with Crippen molar-refractivity contribution in [3.05, 3.63) is 59.7 Å². The van der Waals surface area contributed by atoms with Crippen molar-refractivity contribution in [2.24, 2.45) is 0 Å². The van der Waals surface area contributed by atoms with E-state index in [1.165, 1.54) is 0 Å². The first-order valence-corrected chi connectivity index (χ1v) is 7.37. The smallest absolute Gasteiger partial charge is 0.303 e. The van der Waals surface area contributed by atoms with E-state index in [-0.39, 0.29) is 12.3 Å². The van der Waals surface area contributed by atoms with Crippen LogP contribution in [0, 0.1) is 0 Å². The number of fused-ring (bicyclic) bond motifs is 1. The number of carboxylic acids is 1. The molecule has 1 aliphatic heterocycles. The molecule has 0 amide bonds. The van der Waals surface area contributed by atoms with Crippen molar-refractivity contribution in [2.75, 3.05) is 6.61 Å². The van der Waals surface area contributed by atoms with Gasteiger partial charge in [0.05, 0.1) is 13.0 Å². The molecule has 1 heterocycles. The third-order valence-electron chi connectivity index (χ3n) is 3.82. The predicted molar refractivity (Wildman–Crippen MR) is 82.3 cm³/mol. The fourth-order valence-corrected chi connectivity index (χ4v) is 2.70. The zero-order chi connectivity index (χ0) is 15.4. The van der Waals surface area contributed by atoms with E-state index in [0.29, 0.717) is 13.2 Å². The molecule has 114 valence electrons. The number of carbonyl (C=O) groups is 1. The van der Waals surface area contributed by atoms with Gasteiger partial charge in [-0.1, -0.05) is 36.4 Å². The Morgan fingerprint density at radius 2 is 2.05 bits per heavy atom. The lowest BCUT2D eigenvalue weighted by Gasteiger charge is -2.25. The number of carboxylic acid groups (broad SMARTS) is 1. The maximum Gasteiger partial charge on any atom is 0.303 e. The molecule has 22 heavy (non-hydrogen) atoms. The Labute approximate surface area is 129 Å². The second-order valence-corrected chi connectivity index (χ2v) is 5.41. The van der Waals surface area contributed by atoms with Crippen LogP contribution in [0.1, 0.15) is 29.9 Å². The van der Waals surface area contributed by atoms with E-state index >= 15 is 0 Å². The first-order chi connectivity index (χ1) is 10.7. The maximum atomic E-state index is 10.9. The van der Waals surface area contributed by atoms with Crippen molar-refractivity contribution in [2.45, 2.75) is 25.4 Å². The molecule has 0 unspecified atom stereocenters. The maximum absolute atomic E-state index is 10.9. The summed E-state index contributed by atoms with van der Waals surface area (Å²) in [5.74, 6) is 0.716. The molecule has 1 atom stereocenters. The van der Waals surface area contributed by atoms with Gasteiger partial charge in [0.15, 0.2) is 0 Å². The Hall–Kier alpha value is -2.49. The van der Waals surface area contributed by atoms with Crippen molar-refractivity contribution in [3.8, 4) is 11.5 Å². The van der Waals surface area contributed by atoms with Crippen LogP contribution in [0.5, 0.6) is 11.5 Å². The van der Waals surface area contributed by atoms with Crippen molar-refractivity contribution >= 4 is 5.97 Å². The highest BCUT2D eigenvalue weighted by atomic mass is 16.5. The van der Waals surface area contributed by atoms with Crippen LogP contribution in [-0.4, -0.2) is 17.7 Å². The Kier molecular flexibility index (Phi) is 4.28. The third kappa shape index (κ3) is 3.39. The van der Waals surface area contributed by atoms with Crippen molar-refractivity contribution in [3.63, 3.8) is 0 Å². The fourth-order valence-electron chi connectivity index (χ4n) is 2.70. The number of rotatable bonds is 5. The molecule has 2 aromatic rings. The van der Waals surface area contributed by atoms with E-state index in [1.807, 2.05) is 48.5 Å². The van der Waals surface area contributed by atoms with E-state index in [0.717, 1.165) is 29.0 Å². The molecule has 4 heteroatoms. The minimum absolute atomic E-state index is 0.0180. The van der Waals surface area contributed by atoms with Crippen LogP contribution < -0.4 is 9.47 Å². The molecule has 0 aliphatic carbocycles. The van der Waals surface area contributed by atoms with Gasteiger partial charge in [-0.15, -0.1) is 0 Å². The van der Waals surface area contributed by atoms with Gasteiger partial charge in [0.1, 0.15) is 18.1 Å². The molecule has 0 fully saturated rings. The summed E-state index contributed by atoms with van der Waals surface area (Å²) < 4.78 is 11.4. The molecule has 0 saturated heterocycles. The molecule has 3 rings (SSSR count). The highest BCUT2D eigenvalue weighted by Gasteiger charge is 2.24. The summed E-state index contributed by atoms with van der Waals surface area (Å²) in [6, 6.07) is 15.6. The van der Waals surface area contributed by atoms with Gasteiger partial charge >= 0.3 is 5.97 Å². The van der Waals surface area contributed by atoms with Gasteiger partial charge in [-0.05, 0) is 23.6 Å². The van der Waals surface area contributed by atoms with Gasteiger partial charge < -0.3 is 14.6 Å². The summed E-state index contributed by atoms with van der Waals surface area (Å²) >= 11 is 0. The second-order valence-electron chi connectivity index (χ2n) is 5.41. The topological polar surface area (TPSA) is 55.8 Å². The summed E-state index contributed by atoms with van der Waals surface area (Å²) in [6.07, 6.45) is 0.879. The van der Waals surface area contributed by atoms with Crippen LogP contribution in [0.15, 0.2) is 48.5 Å². The van der Waals surface area contributed by atoms with E-state index in [9.17, 15) is 4.79 Å². The molecular weight excluding hydrogens is 280 g/mol. The van der Waals surface area contributed by atoms with E-state index in [2.05, 4.69) is 0 Å². The lowest BCUT2D eigenvalue weighted by atomic mass is 9.90. The van der Waals surface area contributed by atoms with Crippen molar-refractivity contribution in [1.82, 2.24) is 0 Å². The Morgan fingerprint density at radius 3 is 2.82 bits per heavy atom. The molecule has 0 spiro atoms. The third-order valence-corrected chi connectivity index (χ3v) is 3.82. The first-order valence-electron chi connectivity index (χ1n) is 7.37. The summed E-state index contributed by atoms with van der Waals surface area (Å²) in [5, 5.41) is 8.99. The average Bonchev–Trinajstić information content (AvgIpc) is 2.53. The standard InChI is InChI=1S/C18H18O4/c19-18(20)10-14-8-9-21-17-11-15(6-7-16(14)17)22-12-13-4-2-1-3-5-13/h1-7,11,14H,8-10,12H2,(H,19,20)/t14-/m0/s1. The highest BCUT2D eigenvalue weighted by Crippen LogP contribution is 2.38. The number of hydrogen-bond acceptors (Lipinski definition) is 3. The summed E-state index contributed by atoms with van der Waals surface area (Å²) in [6.45, 7) is 1.05. The molecule has 0 bridgehead atoms. The van der Waals surface area contributed by atoms with Gasteiger partial charge in [-0.25, -0.2) is 0 Å². The number of ether oxygens (including phenoxy) is 2. The first kappa shape index (κ1) is 14.4. The number of benzene rings is 2. The van der Waals surface area contributed by atoms with Gasteiger partial charge in [0, 0.05) is 12.0 Å². The number of aliphatic carboxylic acids is 1. The average molecular weight is 298 g/mol. The van der Waals surface area contributed by atoms with Crippen molar-refractivity contribution < 1.29 is 19.4 Å². The van der Waals surface area contributed by atoms with Gasteiger partial charge in [-0.2, -0.15) is 0 Å². The molecule has 4 nitrogen and oxygen atoms in total. The Morgan fingerprint density at radius 1 is 1.23 bits per heavy atom. The predicted octanol–water partition coefficient (Wildman–Crippen LogP) is 3.61. The van der Waals surface area contributed by atoms with E-state index < -0.39 is 5.97 Å². The molecule has 0 aromatic heterocycles. The molecule has 2 aromatic carbocycles. The lowest BCUT2D eigenvalue weighted by Crippen LogP contribution is -2.17. The van der Waals surface area contributed by atoms with Crippen molar-refractivity contribution in [1.29, 1.82) is 0 Å². The van der Waals surface area contributed by atoms with Crippen LogP contribution in [0.2, 0.25) is 0 Å².